The number of carbonyl (C=O) groups is 3. The number of carbonyl (C=O) groups excluding carboxylic acids is 3. The van der Waals surface area contributed by atoms with E-state index in [-0.39, 0.29) is 29.8 Å². The molecule has 7 heteroatoms. The van der Waals surface area contributed by atoms with Gasteiger partial charge in [0.2, 0.25) is 5.91 Å². The van der Waals surface area contributed by atoms with Crippen LogP contribution < -0.4 is 10.6 Å². The molecule has 1 fully saturated rings. The highest BCUT2D eigenvalue weighted by atomic mass is 16.6. The van der Waals surface area contributed by atoms with Crippen molar-refractivity contribution in [3.8, 4) is 0 Å². The van der Waals surface area contributed by atoms with Crippen LogP contribution >= 0.6 is 0 Å². The largest absolute Gasteiger partial charge is 0.444 e. The summed E-state index contributed by atoms with van der Waals surface area (Å²) in [6, 6.07) is 15.9. The molecule has 2 aromatic carbocycles. The van der Waals surface area contributed by atoms with Crippen molar-refractivity contribution in [2.45, 2.75) is 77.0 Å². The lowest BCUT2D eigenvalue weighted by molar-refractivity contribution is -0.132. The van der Waals surface area contributed by atoms with Gasteiger partial charge in [0.25, 0.3) is 5.91 Å². The van der Waals surface area contributed by atoms with Crippen LogP contribution in [-0.4, -0.2) is 53.6 Å². The van der Waals surface area contributed by atoms with Crippen LogP contribution in [-0.2, 0) is 28.8 Å². The Hall–Kier alpha value is -3.61. The SMILES string of the molecule is C=CC[C@@H]1C[C@@H](CNC(=O)c2ccc3c(c2)CC(NC(=O)OC(C)(C)C)C3)N(CCCc2ccccc2)C1=O. The predicted octanol–water partition coefficient (Wildman–Crippen LogP) is 4.83. The molecular formula is C32H41N3O4. The van der Waals surface area contributed by atoms with Crippen LogP contribution in [0.1, 0.15) is 67.1 Å². The third-order valence-corrected chi connectivity index (χ3v) is 7.41. The van der Waals surface area contributed by atoms with Crippen LogP contribution in [0.15, 0.2) is 61.2 Å². The van der Waals surface area contributed by atoms with E-state index in [1.807, 2.05) is 62.1 Å². The van der Waals surface area contributed by atoms with Gasteiger partial charge < -0.3 is 20.3 Å². The summed E-state index contributed by atoms with van der Waals surface area (Å²) in [6.45, 7) is 10.4. The summed E-state index contributed by atoms with van der Waals surface area (Å²) in [5.41, 5.74) is 3.50. The summed E-state index contributed by atoms with van der Waals surface area (Å²) in [7, 11) is 0. The molecule has 2 aliphatic rings. The summed E-state index contributed by atoms with van der Waals surface area (Å²) in [5, 5.41) is 6.01. The van der Waals surface area contributed by atoms with E-state index in [2.05, 4.69) is 29.3 Å². The fraction of sp³-hybridized carbons (Fsp3) is 0.469. The molecule has 208 valence electrons. The summed E-state index contributed by atoms with van der Waals surface area (Å²) >= 11 is 0. The third-order valence-electron chi connectivity index (χ3n) is 7.41. The summed E-state index contributed by atoms with van der Waals surface area (Å²) in [6.07, 6.45) is 5.92. The minimum atomic E-state index is -0.548. The summed E-state index contributed by atoms with van der Waals surface area (Å²) in [4.78, 5) is 40.3. The van der Waals surface area contributed by atoms with Gasteiger partial charge in [0, 0.05) is 36.7 Å². The maximum Gasteiger partial charge on any atom is 0.407 e. The van der Waals surface area contributed by atoms with E-state index in [0.29, 0.717) is 37.9 Å². The molecule has 0 aromatic heterocycles. The van der Waals surface area contributed by atoms with E-state index in [0.717, 1.165) is 30.4 Å². The first-order valence-electron chi connectivity index (χ1n) is 14.0. The van der Waals surface area contributed by atoms with Gasteiger partial charge in [-0.2, -0.15) is 0 Å². The Bertz CT molecular complexity index is 1190. The molecule has 2 aromatic rings. The Kier molecular flexibility index (Phi) is 9.10. The number of aryl methyl sites for hydroxylation is 1. The molecule has 0 saturated carbocycles. The number of likely N-dealkylation sites (tertiary alicyclic amines) is 1. The maximum absolute atomic E-state index is 13.1. The highest BCUT2D eigenvalue weighted by molar-refractivity contribution is 5.94. The lowest BCUT2D eigenvalue weighted by Crippen LogP contribution is -2.42. The highest BCUT2D eigenvalue weighted by Crippen LogP contribution is 2.28. The quantitative estimate of drug-likeness (QED) is 0.430. The Labute approximate surface area is 232 Å². The number of rotatable bonds is 10. The molecule has 1 aliphatic carbocycles. The van der Waals surface area contributed by atoms with Crippen molar-refractivity contribution in [3.63, 3.8) is 0 Å². The van der Waals surface area contributed by atoms with Gasteiger partial charge in [0.1, 0.15) is 5.60 Å². The minimum absolute atomic E-state index is 0.0287. The number of hydrogen-bond donors (Lipinski definition) is 2. The number of alkyl carbamates (subject to hydrolysis) is 1. The van der Waals surface area contributed by atoms with Crippen molar-refractivity contribution < 1.29 is 19.1 Å². The van der Waals surface area contributed by atoms with Gasteiger partial charge in [-0.1, -0.05) is 42.5 Å². The second kappa shape index (κ2) is 12.5. The first kappa shape index (κ1) is 28.4. The lowest BCUT2D eigenvalue weighted by atomic mass is 10.0. The monoisotopic (exact) mass is 531 g/mol. The fourth-order valence-electron chi connectivity index (χ4n) is 5.60. The van der Waals surface area contributed by atoms with Gasteiger partial charge in [-0.15, -0.1) is 6.58 Å². The Morgan fingerprint density at radius 3 is 2.56 bits per heavy atom. The van der Waals surface area contributed by atoms with Gasteiger partial charge >= 0.3 is 6.09 Å². The number of amides is 3. The second-order valence-electron chi connectivity index (χ2n) is 11.7. The summed E-state index contributed by atoms with van der Waals surface area (Å²) < 4.78 is 5.38. The van der Waals surface area contributed by atoms with Crippen LogP contribution in [0.2, 0.25) is 0 Å². The molecule has 4 rings (SSSR count). The number of nitrogens with one attached hydrogen (secondary N) is 2. The van der Waals surface area contributed by atoms with E-state index in [9.17, 15) is 14.4 Å². The van der Waals surface area contributed by atoms with E-state index < -0.39 is 11.7 Å². The standard InChI is InChI=1S/C32H41N3O4/c1-5-10-25-20-28(35(30(25)37)16-9-13-22-11-7-6-8-12-22)21-33-29(36)24-15-14-23-18-27(19-26(23)17-24)34-31(38)39-32(2,3)4/h5-8,11-12,14-15,17,25,27-28H,1,9-10,13,16,18-21H2,2-4H3,(H,33,36)(H,34,38)/t25-,27?,28+/m1/s1. The van der Waals surface area contributed by atoms with Crippen LogP contribution in [0.4, 0.5) is 4.79 Å². The highest BCUT2D eigenvalue weighted by Gasteiger charge is 2.38. The molecule has 0 radical (unpaired) electrons. The Balaban J connectivity index is 1.32. The number of nitrogens with zero attached hydrogens (tertiary/aromatic N) is 1. The van der Waals surface area contributed by atoms with Crippen molar-refractivity contribution in [2.24, 2.45) is 5.92 Å². The molecular weight excluding hydrogens is 490 g/mol. The molecule has 1 unspecified atom stereocenters. The van der Waals surface area contributed by atoms with Crippen LogP contribution in [0, 0.1) is 5.92 Å². The van der Waals surface area contributed by atoms with E-state index >= 15 is 0 Å². The second-order valence-corrected chi connectivity index (χ2v) is 11.7. The molecule has 39 heavy (non-hydrogen) atoms. The minimum Gasteiger partial charge on any atom is -0.444 e. The Morgan fingerprint density at radius 2 is 1.85 bits per heavy atom. The number of ether oxygens (including phenoxy) is 1. The number of fused-ring (bicyclic) bond motifs is 1. The van der Waals surface area contributed by atoms with Crippen molar-refractivity contribution >= 4 is 17.9 Å². The molecule has 2 N–H and O–H groups in total. The molecule has 0 bridgehead atoms. The zero-order chi connectivity index (χ0) is 28.0. The predicted molar refractivity (Wildman–Crippen MR) is 153 cm³/mol. The number of allylic oxidation sites excluding steroid dienone is 1. The normalized spacial score (nSPS) is 20.4. The molecule has 0 spiro atoms. The van der Waals surface area contributed by atoms with E-state index in [1.165, 1.54) is 5.56 Å². The van der Waals surface area contributed by atoms with Gasteiger partial charge in [-0.25, -0.2) is 4.79 Å². The fourth-order valence-corrected chi connectivity index (χ4v) is 5.60. The molecule has 1 aliphatic heterocycles. The smallest absolute Gasteiger partial charge is 0.407 e. The number of benzene rings is 2. The van der Waals surface area contributed by atoms with Crippen molar-refractivity contribution in [1.82, 2.24) is 15.5 Å². The zero-order valence-corrected chi connectivity index (χ0v) is 23.4. The third kappa shape index (κ3) is 7.71. The first-order chi connectivity index (χ1) is 18.6. The van der Waals surface area contributed by atoms with Crippen molar-refractivity contribution in [1.29, 1.82) is 0 Å². The number of hydrogen-bond acceptors (Lipinski definition) is 4. The Morgan fingerprint density at radius 1 is 1.10 bits per heavy atom. The van der Waals surface area contributed by atoms with E-state index in [4.69, 9.17) is 4.74 Å². The van der Waals surface area contributed by atoms with Crippen LogP contribution in [0.25, 0.3) is 0 Å². The van der Waals surface area contributed by atoms with Crippen molar-refractivity contribution in [2.75, 3.05) is 13.1 Å². The van der Waals surface area contributed by atoms with Crippen LogP contribution in [0.5, 0.6) is 0 Å². The van der Waals surface area contributed by atoms with E-state index in [1.54, 1.807) is 6.08 Å². The molecule has 3 atom stereocenters. The average Bonchev–Trinajstić information content (AvgIpc) is 3.41. The lowest BCUT2D eigenvalue weighted by Gasteiger charge is -2.25. The van der Waals surface area contributed by atoms with Gasteiger partial charge in [-0.05, 0) is 88.1 Å². The average molecular weight is 532 g/mol. The van der Waals surface area contributed by atoms with Gasteiger partial charge in [0.05, 0.1) is 0 Å². The van der Waals surface area contributed by atoms with Gasteiger partial charge in [0.15, 0.2) is 0 Å². The van der Waals surface area contributed by atoms with Gasteiger partial charge in [-0.3, -0.25) is 9.59 Å². The van der Waals surface area contributed by atoms with Crippen molar-refractivity contribution in [3.05, 3.63) is 83.4 Å². The molecule has 3 amide bonds. The first-order valence-corrected chi connectivity index (χ1v) is 14.0. The molecule has 1 saturated heterocycles. The zero-order valence-electron chi connectivity index (χ0n) is 23.4. The molecule has 7 nitrogen and oxygen atoms in total. The van der Waals surface area contributed by atoms with Crippen LogP contribution in [0.3, 0.4) is 0 Å². The topological polar surface area (TPSA) is 87.7 Å². The summed E-state index contributed by atoms with van der Waals surface area (Å²) in [5.74, 6) is -0.0657. The maximum atomic E-state index is 13.1. The molecule has 1 heterocycles.